The summed E-state index contributed by atoms with van der Waals surface area (Å²) < 4.78 is 5.13. The van der Waals surface area contributed by atoms with Crippen LogP contribution in [0.5, 0.6) is 5.75 Å². The van der Waals surface area contributed by atoms with Crippen molar-refractivity contribution < 1.29 is 9.53 Å². The smallest absolute Gasteiger partial charge is 0.286 e. The van der Waals surface area contributed by atoms with Crippen LogP contribution < -0.4 is 15.0 Å². The first kappa shape index (κ1) is 19.4. The lowest BCUT2D eigenvalue weighted by Gasteiger charge is -2.35. The summed E-state index contributed by atoms with van der Waals surface area (Å²) in [7, 11) is 1.61. The number of benzene rings is 2. The predicted octanol–water partition coefficient (Wildman–Crippen LogP) is 3.12. The maximum Gasteiger partial charge on any atom is 0.286 e. The third kappa shape index (κ3) is 4.90. The lowest BCUT2D eigenvalue weighted by atomic mass is 10.2. The maximum absolute atomic E-state index is 12.4. The van der Waals surface area contributed by atoms with Crippen LogP contribution in [0.1, 0.15) is 14.8 Å². The van der Waals surface area contributed by atoms with Crippen molar-refractivity contribution in [2.45, 2.75) is 6.54 Å². The molecular formula is C21H23N5O2S. The first-order valence-electron chi connectivity index (χ1n) is 9.51. The lowest BCUT2D eigenvalue weighted by molar-refractivity contribution is 0.102. The van der Waals surface area contributed by atoms with E-state index in [1.54, 1.807) is 31.4 Å². The van der Waals surface area contributed by atoms with Gasteiger partial charge in [-0.2, -0.15) is 0 Å². The van der Waals surface area contributed by atoms with Crippen LogP contribution in [-0.2, 0) is 6.54 Å². The summed E-state index contributed by atoms with van der Waals surface area (Å²) in [4.78, 5) is 17.2. The van der Waals surface area contributed by atoms with Gasteiger partial charge in [-0.1, -0.05) is 29.5 Å². The number of carbonyl (C=O) groups excluding carboxylic acids is 1. The van der Waals surface area contributed by atoms with Crippen molar-refractivity contribution in [3.05, 3.63) is 64.6 Å². The summed E-state index contributed by atoms with van der Waals surface area (Å²) in [6.45, 7) is 4.60. The highest BCUT2D eigenvalue weighted by molar-refractivity contribution is 7.13. The van der Waals surface area contributed by atoms with Gasteiger partial charge in [0.15, 0.2) is 0 Å². The Morgan fingerprint density at radius 2 is 1.76 bits per heavy atom. The SMILES string of the molecule is COc1ccc(NC(=O)c2nnc(CN3CCN(c4ccccc4)CC3)s2)cc1. The molecule has 7 nitrogen and oxygen atoms in total. The summed E-state index contributed by atoms with van der Waals surface area (Å²) in [5, 5.41) is 12.4. The summed E-state index contributed by atoms with van der Waals surface area (Å²) in [5.74, 6) is 0.501. The van der Waals surface area contributed by atoms with Crippen molar-refractivity contribution in [3.63, 3.8) is 0 Å². The molecule has 1 amide bonds. The second-order valence-corrected chi connectivity index (χ2v) is 7.84. The minimum absolute atomic E-state index is 0.243. The monoisotopic (exact) mass is 409 g/mol. The first-order chi connectivity index (χ1) is 14.2. The number of ether oxygens (including phenoxy) is 1. The average molecular weight is 410 g/mol. The Kier molecular flexibility index (Phi) is 6.02. The number of nitrogens with zero attached hydrogens (tertiary/aromatic N) is 4. The van der Waals surface area contributed by atoms with Gasteiger partial charge in [0.05, 0.1) is 13.7 Å². The number of hydrogen-bond donors (Lipinski definition) is 1. The Balaban J connectivity index is 1.29. The van der Waals surface area contributed by atoms with E-state index in [-0.39, 0.29) is 5.91 Å². The molecule has 1 aromatic heterocycles. The van der Waals surface area contributed by atoms with Crippen LogP contribution in [0.15, 0.2) is 54.6 Å². The number of hydrogen-bond acceptors (Lipinski definition) is 7. The quantitative estimate of drug-likeness (QED) is 0.675. The largest absolute Gasteiger partial charge is 0.497 e. The lowest BCUT2D eigenvalue weighted by Crippen LogP contribution is -2.45. The molecule has 0 unspecified atom stereocenters. The number of piperazine rings is 1. The molecule has 0 atom stereocenters. The van der Waals surface area contributed by atoms with Crippen LogP contribution in [0.4, 0.5) is 11.4 Å². The molecule has 8 heteroatoms. The fraction of sp³-hybridized carbons (Fsp3) is 0.286. The fourth-order valence-corrected chi connectivity index (χ4v) is 4.04. The zero-order chi connectivity index (χ0) is 20.1. The van der Waals surface area contributed by atoms with E-state index in [1.807, 2.05) is 6.07 Å². The zero-order valence-corrected chi connectivity index (χ0v) is 17.1. The van der Waals surface area contributed by atoms with E-state index in [0.717, 1.165) is 43.5 Å². The standard InChI is InChI=1S/C21H23N5O2S/c1-28-18-9-7-16(8-10-18)22-20(27)21-24-23-19(29-21)15-25-11-13-26(14-12-25)17-5-3-2-4-6-17/h2-10H,11-15H2,1H3,(H,22,27). The molecule has 0 radical (unpaired) electrons. The van der Waals surface area contributed by atoms with Crippen LogP contribution in [-0.4, -0.2) is 54.3 Å². The van der Waals surface area contributed by atoms with Gasteiger partial charge >= 0.3 is 0 Å². The molecule has 1 saturated heterocycles. The molecule has 0 aliphatic carbocycles. The molecule has 29 heavy (non-hydrogen) atoms. The van der Waals surface area contributed by atoms with E-state index in [4.69, 9.17) is 4.74 Å². The predicted molar refractivity (Wildman–Crippen MR) is 115 cm³/mol. The van der Waals surface area contributed by atoms with Gasteiger partial charge in [-0.15, -0.1) is 10.2 Å². The van der Waals surface area contributed by atoms with Crippen molar-refractivity contribution in [1.82, 2.24) is 15.1 Å². The number of anilines is 2. The van der Waals surface area contributed by atoms with Crippen LogP contribution in [0.25, 0.3) is 0 Å². The van der Waals surface area contributed by atoms with Crippen LogP contribution in [0.2, 0.25) is 0 Å². The van der Waals surface area contributed by atoms with E-state index in [2.05, 4.69) is 49.6 Å². The Hall–Kier alpha value is -2.97. The third-order valence-corrected chi connectivity index (χ3v) is 5.77. The van der Waals surface area contributed by atoms with Crippen LogP contribution in [0, 0.1) is 0 Å². The molecule has 1 aliphatic heterocycles. The molecule has 1 fully saturated rings. The van der Waals surface area contributed by atoms with Crippen molar-refractivity contribution in [1.29, 1.82) is 0 Å². The number of rotatable bonds is 6. The summed E-state index contributed by atoms with van der Waals surface area (Å²) in [6, 6.07) is 17.7. The molecular weight excluding hydrogens is 386 g/mol. The van der Waals surface area contributed by atoms with Gasteiger partial charge in [0.1, 0.15) is 10.8 Å². The van der Waals surface area contributed by atoms with Gasteiger partial charge < -0.3 is 15.0 Å². The molecule has 0 saturated carbocycles. The van der Waals surface area contributed by atoms with E-state index < -0.39 is 0 Å². The number of para-hydroxylation sites is 1. The minimum Gasteiger partial charge on any atom is -0.497 e. The van der Waals surface area contributed by atoms with Gasteiger partial charge in [0, 0.05) is 37.6 Å². The number of amides is 1. The second-order valence-electron chi connectivity index (χ2n) is 6.78. The molecule has 1 aliphatic rings. The Morgan fingerprint density at radius 1 is 1.03 bits per heavy atom. The van der Waals surface area contributed by atoms with E-state index in [9.17, 15) is 4.79 Å². The molecule has 0 bridgehead atoms. The van der Waals surface area contributed by atoms with Gasteiger partial charge in [-0.05, 0) is 36.4 Å². The zero-order valence-electron chi connectivity index (χ0n) is 16.2. The number of nitrogens with one attached hydrogen (secondary N) is 1. The van der Waals surface area contributed by atoms with Crippen molar-refractivity contribution in [2.24, 2.45) is 0 Å². The van der Waals surface area contributed by atoms with Crippen molar-refractivity contribution in [3.8, 4) is 5.75 Å². The molecule has 150 valence electrons. The van der Waals surface area contributed by atoms with Gasteiger partial charge in [0.2, 0.25) is 5.01 Å². The fourth-order valence-electron chi connectivity index (χ4n) is 3.26. The van der Waals surface area contributed by atoms with Gasteiger partial charge in [-0.3, -0.25) is 9.69 Å². The third-order valence-electron chi connectivity index (χ3n) is 4.86. The summed E-state index contributed by atoms with van der Waals surface area (Å²) >= 11 is 1.34. The molecule has 4 rings (SSSR count). The highest BCUT2D eigenvalue weighted by Gasteiger charge is 2.20. The Morgan fingerprint density at radius 3 is 2.45 bits per heavy atom. The maximum atomic E-state index is 12.4. The molecule has 2 aromatic carbocycles. The van der Waals surface area contributed by atoms with Crippen molar-refractivity contribution in [2.75, 3.05) is 43.5 Å². The van der Waals surface area contributed by atoms with E-state index in [0.29, 0.717) is 10.7 Å². The van der Waals surface area contributed by atoms with E-state index in [1.165, 1.54) is 17.0 Å². The summed E-state index contributed by atoms with van der Waals surface area (Å²) in [5.41, 5.74) is 1.96. The van der Waals surface area contributed by atoms with E-state index >= 15 is 0 Å². The van der Waals surface area contributed by atoms with Gasteiger partial charge in [0.25, 0.3) is 5.91 Å². The Bertz CT molecular complexity index is 937. The van der Waals surface area contributed by atoms with Gasteiger partial charge in [-0.25, -0.2) is 0 Å². The van der Waals surface area contributed by atoms with Crippen LogP contribution in [0.3, 0.4) is 0 Å². The normalized spacial score (nSPS) is 14.6. The molecule has 0 spiro atoms. The molecule has 3 aromatic rings. The summed E-state index contributed by atoms with van der Waals surface area (Å²) in [6.07, 6.45) is 0. The highest BCUT2D eigenvalue weighted by Crippen LogP contribution is 2.20. The van der Waals surface area contributed by atoms with Crippen LogP contribution >= 0.6 is 11.3 Å². The first-order valence-corrected chi connectivity index (χ1v) is 10.3. The Labute approximate surface area is 173 Å². The number of aromatic nitrogens is 2. The van der Waals surface area contributed by atoms with Crippen molar-refractivity contribution >= 4 is 28.6 Å². The highest BCUT2D eigenvalue weighted by atomic mass is 32.1. The average Bonchev–Trinajstić information content (AvgIpc) is 3.24. The topological polar surface area (TPSA) is 70.6 Å². The molecule has 2 heterocycles. The number of carbonyl (C=O) groups is 1. The second kappa shape index (κ2) is 9.02. The minimum atomic E-state index is -0.243. The number of methoxy groups -OCH3 is 1. The molecule has 1 N–H and O–H groups in total.